The zero-order valence-corrected chi connectivity index (χ0v) is 7.98. The van der Waals surface area contributed by atoms with Crippen molar-refractivity contribution in [2.75, 3.05) is 0 Å². The Bertz CT molecular complexity index is 337. The molecule has 3 heteroatoms. The van der Waals surface area contributed by atoms with Gasteiger partial charge in [0.05, 0.1) is 12.5 Å². The predicted octanol–water partition coefficient (Wildman–Crippen LogP) is 3.77. The van der Waals surface area contributed by atoms with Crippen molar-refractivity contribution in [3.8, 4) is 10.4 Å². The van der Waals surface area contributed by atoms with E-state index in [4.69, 9.17) is 4.42 Å². The number of hydrogen-bond donors (Lipinski definition) is 0. The molecule has 11 heavy (non-hydrogen) atoms. The van der Waals surface area contributed by atoms with Crippen molar-refractivity contribution in [2.24, 2.45) is 0 Å². The fourth-order valence-electron chi connectivity index (χ4n) is 0.869. The van der Waals surface area contributed by atoms with E-state index in [1.165, 1.54) is 4.88 Å². The summed E-state index contributed by atoms with van der Waals surface area (Å²) in [5.41, 5.74) is 1.14. The normalized spacial score (nSPS) is 10.3. The molecule has 56 valence electrons. The Kier molecular flexibility index (Phi) is 1.84. The van der Waals surface area contributed by atoms with Crippen molar-refractivity contribution in [1.29, 1.82) is 0 Å². The van der Waals surface area contributed by atoms with Crippen LogP contribution in [-0.4, -0.2) is 0 Å². The van der Waals surface area contributed by atoms with Gasteiger partial charge in [-0.2, -0.15) is 0 Å². The van der Waals surface area contributed by atoms with E-state index in [-0.39, 0.29) is 0 Å². The molecular formula is C8H5BrOS. The second-order valence-electron chi connectivity index (χ2n) is 2.14. The van der Waals surface area contributed by atoms with Crippen LogP contribution in [0.15, 0.2) is 38.9 Å². The molecular weight excluding hydrogens is 224 g/mol. The van der Waals surface area contributed by atoms with Gasteiger partial charge in [0.2, 0.25) is 0 Å². The molecule has 2 aromatic heterocycles. The molecule has 0 N–H and O–H groups in total. The summed E-state index contributed by atoms with van der Waals surface area (Å²) in [5, 5.41) is 2.06. The predicted molar refractivity (Wildman–Crippen MR) is 49.7 cm³/mol. The molecule has 0 aromatic carbocycles. The first-order valence-electron chi connectivity index (χ1n) is 3.13. The summed E-state index contributed by atoms with van der Waals surface area (Å²) in [6.07, 6.45) is 3.43. The van der Waals surface area contributed by atoms with E-state index in [0.29, 0.717) is 0 Å². The fourth-order valence-corrected chi connectivity index (χ4v) is 2.28. The largest absolute Gasteiger partial charge is 0.472 e. The Morgan fingerprint density at radius 2 is 2.36 bits per heavy atom. The topological polar surface area (TPSA) is 13.1 Å². The van der Waals surface area contributed by atoms with Gasteiger partial charge in [-0.05, 0) is 28.1 Å². The van der Waals surface area contributed by atoms with Gasteiger partial charge in [-0.3, -0.25) is 0 Å². The lowest BCUT2D eigenvalue weighted by molar-refractivity contribution is 0.568. The maximum Gasteiger partial charge on any atom is 0.0989 e. The highest BCUT2D eigenvalue weighted by molar-refractivity contribution is 9.10. The molecule has 0 aliphatic carbocycles. The van der Waals surface area contributed by atoms with Crippen molar-refractivity contribution in [3.05, 3.63) is 34.5 Å². The summed E-state index contributed by atoms with van der Waals surface area (Å²) in [7, 11) is 0. The molecule has 0 saturated heterocycles. The average molecular weight is 229 g/mol. The zero-order valence-electron chi connectivity index (χ0n) is 5.58. The summed E-state index contributed by atoms with van der Waals surface area (Å²) in [5.74, 6) is 0. The Morgan fingerprint density at radius 3 is 2.91 bits per heavy atom. The first-order chi connectivity index (χ1) is 5.36. The summed E-state index contributed by atoms with van der Waals surface area (Å²) in [4.78, 5) is 1.23. The minimum atomic E-state index is 1.12. The lowest BCUT2D eigenvalue weighted by atomic mass is 10.3. The second-order valence-corrected chi connectivity index (χ2v) is 3.97. The van der Waals surface area contributed by atoms with E-state index in [9.17, 15) is 0 Å². The highest BCUT2D eigenvalue weighted by Gasteiger charge is 2.00. The van der Waals surface area contributed by atoms with Crippen LogP contribution in [0, 0.1) is 0 Å². The van der Waals surface area contributed by atoms with E-state index in [1.807, 2.05) is 6.07 Å². The SMILES string of the molecule is Brc1csc(-c2ccoc2)c1. The van der Waals surface area contributed by atoms with Crippen LogP contribution < -0.4 is 0 Å². The maximum absolute atomic E-state index is 4.97. The van der Waals surface area contributed by atoms with Gasteiger partial charge in [0, 0.05) is 20.3 Å². The van der Waals surface area contributed by atoms with Gasteiger partial charge < -0.3 is 4.42 Å². The van der Waals surface area contributed by atoms with Crippen LogP contribution in [0.4, 0.5) is 0 Å². The van der Waals surface area contributed by atoms with Gasteiger partial charge in [-0.15, -0.1) is 11.3 Å². The third-order valence-electron chi connectivity index (χ3n) is 1.37. The Labute approximate surface area is 76.8 Å². The quantitative estimate of drug-likeness (QED) is 0.725. The summed E-state index contributed by atoms with van der Waals surface area (Å²) in [6, 6.07) is 4.04. The van der Waals surface area contributed by atoms with Crippen molar-refractivity contribution < 1.29 is 4.42 Å². The molecule has 0 saturated carbocycles. The van der Waals surface area contributed by atoms with E-state index >= 15 is 0 Å². The van der Waals surface area contributed by atoms with Gasteiger partial charge in [-0.1, -0.05) is 0 Å². The smallest absolute Gasteiger partial charge is 0.0989 e. The third-order valence-corrected chi connectivity index (χ3v) is 3.11. The summed E-state index contributed by atoms with van der Waals surface area (Å²) < 4.78 is 6.09. The van der Waals surface area contributed by atoms with Gasteiger partial charge in [0.1, 0.15) is 0 Å². The van der Waals surface area contributed by atoms with Crippen LogP contribution in [0.1, 0.15) is 0 Å². The number of thiophene rings is 1. The van der Waals surface area contributed by atoms with Gasteiger partial charge in [0.25, 0.3) is 0 Å². The molecule has 0 atom stereocenters. The average Bonchev–Trinajstić information content (AvgIpc) is 2.55. The van der Waals surface area contributed by atoms with E-state index in [2.05, 4.69) is 27.4 Å². The molecule has 0 spiro atoms. The van der Waals surface area contributed by atoms with Crippen LogP contribution >= 0.6 is 27.3 Å². The first kappa shape index (κ1) is 7.13. The minimum Gasteiger partial charge on any atom is -0.472 e. The van der Waals surface area contributed by atoms with Crippen molar-refractivity contribution in [2.45, 2.75) is 0 Å². The number of rotatable bonds is 1. The molecule has 0 fully saturated rings. The first-order valence-corrected chi connectivity index (χ1v) is 4.80. The maximum atomic E-state index is 4.97. The third kappa shape index (κ3) is 1.39. The monoisotopic (exact) mass is 228 g/mol. The molecule has 0 aliphatic rings. The molecule has 2 rings (SSSR count). The van der Waals surface area contributed by atoms with Crippen molar-refractivity contribution >= 4 is 27.3 Å². The van der Waals surface area contributed by atoms with Crippen molar-refractivity contribution in [1.82, 2.24) is 0 Å². The number of hydrogen-bond acceptors (Lipinski definition) is 2. The fraction of sp³-hybridized carbons (Fsp3) is 0. The van der Waals surface area contributed by atoms with E-state index in [0.717, 1.165) is 10.0 Å². The standard InChI is InChI=1S/C8H5BrOS/c9-7-3-8(11-5-7)6-1-2-10-4-6/h1-5H. The molecule has 2 aromatic rings. The highest BCUT2D eigenvalue weighted by atomic mass is 79.9. The number of halogens is 1. The minimum absolute atomic E-state index is 1.12. The second kappa shape index (κ2) is 2.83. The Morgan fingerprint density at radius 1 is 1.45 bits per heavy atom. The van der Waals surface area contributed by atoms with Gasteiger partial charge in [-0.25, -0.2) is 0 Å². The van der Waals surface area contributed by atoms with E-state index in [1.54, 1.807) is 23.9 Å². The molecule has 0 aliphatic heterocycles. The summed E-state index contributed by atoms with van der Waals surface area (Å²) in [6.45, 7) is 0. The lowest BCUT2D eigenvalue weighted by Gasteiger charge is -1.84. The van der Waals surface area contributed by atoms with Gasteiger partial charge >= 0.3 is 0 Å². The lowest BCUT2D eigenvalue weighted by Crippen LogP contribution is -1.59. The van der Waals surface area contributed by atoms with Crippen LogP contribution in [0.5, 0.6) is 0 Å². The van der Waals surface area contributed by atoms with Crippen LogP contribution in [0.2, 0.25) is 0 Å². The highest BCUT2D eigenvalue weighted by Crippen LogP contribution is 2.29. The van der Waals surface area contributed by atoms with Crippen LogP contribution in [-0.2, 0) is 0 Å². The van der Waals surface area contributed by atoms with Crippen molar-refractivity contribution in [3.63, 3.8) is 0 Å². The summed E-state index contributed by atoms with van der Waals surface area (Å²) >= 11 is 5.10. The Balaban J connectivity index is 2.45. The molecule has 0 amide bonds. The molecule has 2 heterocycles. The molecule has 0 bridgehead atoms. The van der Waals surface area contributed by atoms with E-state index < -0.39 is 0 Å². The molecule has 0 radical (unpaired) electrons. The number of furan rings is 1. The molecule has 1 nitrogen and oxygen atoms in total. The Hall–Kier alpha value is -0.540. The van der Waals surface area contributed by atoms with Crippen LogP contribution in [0.25, 0.3) is 10.4 Å². The van der Waals surface area contributed by atoms with Crippen LogP contribution in [0.3, 0.4) is 0 Å². The molecule has 0 unspecified atom stereocenters. The van der Waals surface area contributed by atoms with Gasteiger partial charge in [0.15, 0.2) is 0 Å². The zero-order chi connectivity index (χ0) is 7.68.